The molecule has 0 aromatic carbocycles. The predicted octanol–water partition coefficient (Wildman–Crippen LogP) is -1.09. The molecule has 0 rings (SSSR count). The number of carboxylic acids is 1. The molecule has 0 saturated carbocycles. The Bertz CT molecular complexity index is 30.6. The molecule has 0 saturated heterocycles. The van der Waals surface area contributed by atoms with E-state index in [1.54, 1.807) is 0 Å². The molecule has 0 aliphatic carbocycles. The van der Waals surface area contributed by atoms with E-state index in [0.29, 0.717) is 0 Å². The van der Waals surface area contributed by atoms with Gasteiger partial charge in [0.1, 0.15) is 0 Å². The second-order valence-electron chi connectivity index (χ2n) is 0.519. The summed E-state index contributed by atoms with van der Waals surface area (Å²) in [7, 11) is 0. The Labute approximate surface area is 47.6 Å². The second-order valence-corrected chi connectivity index (χ2v) is 0.519. The first-order chi connectivity index (χ1) is 1.73. The van der Waals surface area contributed by atoms with E-state index in [4.69, 9.17) is 9.90 Å². The fourth-order valence-electron chi connectivity index (χ4n) is 0. The van der Waals surface area contributed by atoms with Gasteiger partial charge in [0.2, 0.25) is 0 Å². The van der Waals surface area contributed by atoms with Gasteiger partial charge in [-0.05, 0) is 0 Å². The third-order valence-corrected chi connectivity index (χ3v) is 0. The van der Waals surface area contributed by atoms with Crippen molar-refractivity contribution in [1.82, 2.24) is 0 Å². The SMILES string of the molecule is CC(=O)O.[SbH3]. The molecule has 0 spiro atoms. The van der Waals surface area contributed by atoms with E-state index in [2.05, 4.69) is 0 Å². The zero-order chi connectivity index (χ0) is 3.58. The molecule has 0 aliphatic heterocycles. The van der Waals surface area contributed by atoms with E-state index in [1.807, 2.05) is 0 Å². The van der Waals surface area contributed by atoms with Gasteiger partial charge in [0.25, 0.3) is 5.97 Å². The Morgan fingerprint density at radius 1 is 1.80 bits per heavy atom. The second kappa shape index (κ2) is 4.29. The van der Waals surface area contributed by atoms with Crippen LogP contribution in [0.25, 0.3) is 0 Å². The molecular weight excluding hydrogens is 178 g/mol. The topological polar surface area (TPSA) is 37.3 Å². The molecule has 0 aromatic rings. The number of carbonyl (C=O) groups is 1. The number of rotatable bonds is 0. The molecular formula is C2H7O2Sb. The van der Waals surface area contributed by atoms with Crippen LogP contribution in [0.15, 0.2) is 0 Å². The van der Waals surface area contributed by atoms with Gasteiger partial charge in [-0.2, -0.15) is 0 Å². The zero-order valence-electron chi connectivity index (χ0n) is 3.06. The summed E-state index contributed by atoms with van der Waals surface area (Å²) in [6.45, 7) is 1.08. The van der Waals surface area contributed by atoms with Crippen molar-refractivity contribution in [3.05, 3.63) is 0 Å². The molecule has 0 radical (unpaired) electrons. The molecule has 3 heteroatoms. The molecule has 0 aliphatic rings. The molecule has 2 nitrogen and oxygen atoms in total. The first-order valence-corrected chi connectivity index (χ1v) is 0.928. The average molecular weight is 185 g/mol. The van der Waals surface area contributed by atoms with Gasteiger partial charge < -0.3 is 5.11 Å². The average Bonchev–Trinajstić information content (AvgIpc) is 0.811. The van der Waals surface area contributed by atoms with Gasteiger partial charge in [-0.25, -0.2) is 0 Å². The molecule has 0 aromatic heterocycles. The van der Waals surface area contributed by atoms with Gasteiger partial charge in [-0.15, -0.1) is 0 Å². The molecule has 0 unspecified atom stereocenters. The number of hydrogen-bond acceptors (Lipinski definition) is 1. The molecule has 0 fully saturated rings. The quantitative estimate of drug-likeness (QED) is 0.486. The summed E-state index contributed by atoms with van der Waals surface area (Å²) < 4.78 is 0. The van der Waals surface area contributed by atoms with Crippen molar-refractivity contribution >= 4 is 30.4 Å². The minimum atomic E-state index is -0.833. The molecule has 0 bridgehead atoms. The Kier molecular flexibility index (Phi) is 7.71. The third-order valence-electron chi connectivity index (χ3n) is 0. The number of carboxylic acid groups (broad SMARTS) is 1. The summed E-state index contributed by atoms with van der Waals surface area (Å²) in [4.78, 5) is 9.00. The summed E-state index contributed by atoms with van der Waals surface area (Å²) >= 11 is 0. The van der Waals surface area contributed by atoms with Crippen LogP contribution in [0.5, 0.6) is 0 Å². The van der Waals surface area contributed by atoms with Crippen molar-refractivity contribution in [3.8, 4) is 0 Å². The van der Waals surface area contributed by atoms with Gasteiger partial charge in [-0.3, -0.25) is 4.79 Å². The van der Waals surface area contributed by atoms with Gasteiger partial charge in [0.05, 0.1) is 0 Å². The fraction of sp³-hybridized carbons (Fsp3) is 0.500. The van der Waals surface area contributed by atoms with Crippen molar-refractivity contribution in [2.75, 3.05) is 0 Å². The van der Waals surface area contributed by atoms with Gasteiger partial charge in [0.15, 0.2) is 0 Å². The van der Waals surface area contributed by atoms with Crippen LogP contribution in [-0.2, 0) is 4.79 Å². The van der Waals surface area contributed by atoms with Crippen molar-refractivity contribution < 1.29 is 9.90 Å². The van der Waals surface area contributed by atoms with Crippen LogP contribution in [0.3, 0.4) is 0 Å². The monoisotopic (exact) mass is 184 g/mol. The normalized spacial score (nSPS) is 5.00. The standard InChI is InChI=1S/C2H4O2.Sb.3H/c1-2(3)4;;;;/h1H3,(H,3,4);;;;. The van der Waals surface area contributed by atoms with Gasteiger partial charge in [-0.1, -0.05) is 0 Å². The first kappa shape index (κ1) is 8.99. The van der Waals surface area contributed by atoms with Crippen LogP contribution in [0.1, 0.15) is 6.92 Å². The minimum absolute atomic E-state index is 0. The Morgan fingerprint density at radius 3 is 1.80 bits per heavy atom. The summed E-state index contributed by atoms with van der Waals surface area (Å²) in [5.74, 6) is -0.833. The molecule has 0 atom stereocenters. The van der Waals surface area contributed by atoms with E-state index in [1.165, 1.54) is 0 Å². The Morgan fingerprint density at radius 2 is 1.80 bits per heavy atom. The Balaban J connectivity index is 0. The van der Waals surface area contributed by atoms with Crippen LogP contribution in [0.2, 0.25) is 0 Å². The van der Waals surface area contributed by atoms with Crippen LogP contribution in [-0.4, -0.2) is 35.5 Å². The van der Waals surface area contributed by atoms with Crippen molar-refractivity contribution in [1.29, 1.82) is 0 Å². The van der Waals surface area contributed by atoms with Crippen molar-refractivity contribution in [3.63, 3.8) is 0 Å². The summed E-state index contributed by atoms with van der Waals surface area (Å²) in [5, 5.41) is 7.42. The first-order valence-electron chi connectivity index (χ1n) is 0.928. The summed E-state index contributed by atoms with van der Waals surface area (Å²) in [6, 6.07) is 0. The van der Waals surface area contributed by atoms with Crippen molar-refractivity contribution in [2.24, 2.45) is 0 Å². The molecule has 32 valence electrons. The van der Waals surface area contributed by atoms with Crippen LogP contribution >= 0.6 is 0 Å². The third kappa shape index (κ3) is 270. The molecule has 0 amide bonds. The maximum atomic E-state index is 9.00. The van der Waals surface area contributed by atoms with E-state index in [-0.39, 0.29) is 24.4 Å². The molecule has 0 heterocycles. The van der Waals surface area contributed by atoms with E-state index >= 15 is 0 Å². The molecule has 1 N–H and O–H groups in total. The van der Waals surface area contributed by atoms with Crippen LogP contribution in [0, 0.1) is 0 Å². The van der Waals surface area contributed by atoms with Gasteiger partial charge >= 0.3 is 24.4 Å². The van der Waals surface area contributed by atoms with E-state index < -0.39 is 5.97 Å². The molecule has 5 heavy (non-hydrogen) atoms. The zero-order valence-corrected chi connectivity index (χ0v) is 7.10. The summed E-state index contributed by atoms with van der Waals surface area (Å²) in [5.41, 5.74) is 0. The summed E-state index contributed by atoms with van der Waals surface area (Å²) in [6.07, 6.45) is 0. The van der Waals surface area contributed by atoms with Gasteiger partial charge in [0, 0.05) is 6.92 Å². The number of hydrogen-bond donors (Lipinski definition) is 1. The van der Waals surface area contributed by atoms with E-state index in [0.717, 1.165) is 6.92 Å². The maximum absolute atomic E-state index is 9.00. The number of aliphatic carboxylic acids is 1. The Hall–Kier alpha value is 0.288. The van der Waals surface area contributed by atoms with Crippen LogP contribution < -0.4 is 0 Å². The van der Waals surface area contributed by atoms with Crippen LogP contribution in [0.4, 0.5) is 0 Å². The van der Waals surface area contributed by atoms with Crippen molar-refractivity contribution in [2.45, 2.75) is 6.92 Å². The van der Waals surface area contributed by atoms with E-state index in [9.17, 15) is 0 Å². The fourth-order valence-corrected chi connectivity index (χ4v) is 0. The predicted molar refractivity (Wildman–Crippen MR) is 23.2 cm³/mol.